The lowest BCUT2D eigenvalue weighted by molar-refractivity contribution is 0.00578. The standard InChI is InChI=1S/C20H33BN2O4S/c1-7-23-12-8-9-16(23)14-22-28(24,25)17-11-10-15(2)18(13-17)21-26-19(3,4)20(5,6)27-21/h10-11,13,16,22H,7-9,12,14H2,1-6H3/t16-/m1/s1. The van der Waals surface area contributed by atoms with Crippen LogP contribution in [0, 0.1) is 6.92 Å². The van der Waals surface area contributed by atoms with Gasteiger partial charge in [0.25, 0.3) is 0 Å². The van der Waals surface area contributed by atoms with E-state index in [1.807, 2.05) is 40.7 Å². The molecule has 28 heavy (non-hydrogen) atoms. The molecule has 3 rings (SSSR count). The first-order valence-electron chi connectivity index (χ1n) is 10.2. The third kappa shape index (κ3) is 4.16. The van der Waals surface area contributed by atoms with Crippen LogP contribution in [-0.2, 0) is 19.3 Å². The molecular weight excluding hydrogens is 375 g/mol. The average molecular weight is 408 g/mol. The molecule has 1 aromatic rings. The van der Waals surface area contributed by atoms with Crippen molar-refractivity contribution in [2.45, 2.75) is 76.5 Å². The van der Waals surface area contributed by atoms with Gasteiger partial charge in [-0.05, 0) is 78.1 Å². The van der Waals surface area contributed by atoms with E-state index in [9.17, 15) is 8.42 Å². The van der Waals surface area contributed by atoms with Crippen LogP contribution in [-0.4, -0.2) is 57.3 Å². The van der Waals surface area contributed by atoms with Gasteiger partial charge in [0.15, 0.2) is 0 Å². The second-order valence-electron chi connectivity index (χ2n) is 8.88. The van der Waals surface area contributed by atoms with Crippen LogP contribution in [0.2, 0.25) is 0 Å². The number of nitrogens with one attached hydrogen (secondary N) is 1. The zero-order valence-corrected chi connectivity index (χ0v) is 18.7. The van der Waals surface area contributed by atoms with Crippen molar-refractivity contribution in [2.75, 3.05) is 19.6 Å². The fraction of sp³-hybridized carbons (Fsp3) is 0.700. The highest BCUT2D eigenvalue weighted by Crippen LogP contribution is 2.36. The minimum absolute atomic E-state index is 0.254. The molecular formula is C20H33BN2O4S. The van der Waals surface area contributed by atoms with Gasteiger partial charge in [0.2, 0.25) is 10.0 Å². The maximum absolute atomic E-state index is 12.9. The van der Waals surface area contributed by atoms with E-state index in [4.69, 9.17) is 9.31 Å². The first kappa shape index (κ1) is 21.8. The number of aryl methyl sites for hydroxylation is 1. The summed E-state index contributed by atoms with van der Waals surface area (Å²) < 4.78 is 40.9. The van der Waals surface area contributed by atoms with Crippen molar-refractivity contribution < 1.29 is 17.7 Å². The molecule has 2 aliphatic heterocycles. The van der Waals surface area contributed by atoms with Crippen molar-refractivity contribution in [3.8, 4) is 0 Å². The minimum atomic E-state index is -3.59. The first-order valence-corrected chi connectivity index (χ1v) is 11.6. The zero-order chi connectivity index (χ0) is 20.7. The molecule has 0 aliphatic carbocycles. The van der Waals surface area contributed by atoms with Crippen LogP contribution in [0.5, 0.6) is 0 Å². The van der Waals surface area contributed by atoms with E-state index in [0.29, 0.717) is 6.54 Å². The van der Waals surface area contributed by atoms with E-state index in [1.165, 1.54) is 0 Å². The number of nitrogens with zero attached hydrogens (tertiary/aromatic N) is 1. The van der Waals surface area contributed by atoms with Crippen LogP contribution in [0.15, 0.2) is 23.1 Å². The normalized spacial score (nSPS) is 24.8. The Morgan fingerprint density at radius 2 is 1.86 bits per heavy atom. The summed E-state index contributed by atoms with van der Waals surface area (Å²) in [5.41, 5.74) is 0.773. The van der Waals surface area contributed by atoms with Gasteiger partial charge in [-0.25, -0.2) is 13.1 Å². The number of likely N-dealkylation sites (N-methyl/N-ethyl adjacent to an activating group) is 1. The van der Waals surface area contributed by atoms with Crippen LogP contribution in [0.25, 0.3) is 0 Å². The molecule has 2 fully saturated rings. The summed E-state index contributed by atoms with van der Waals surface area (Å²) in [5.74, 6) is 0. The Labute approximate surface area is 170 Å². The smallest absolute Gasteiger partial charge is 0.399 e. The third-order valence-corrected chi connectivity index (χ3v) is 7.90. The quantitative estimate of drug-likeness (QED) is 0.730. The molecule has 1 aromatic carbocycles. The van der Waals surface area contributed by atoms with Crippen molar-refractivity contribution >= 4 is 22.6 Å². The van der Waals surface area contributed by atoms with Crippen molar-refractivity contribution in [3.05, 3.63) is 23.8 Å². The second-order valence-corrected chi connectivity index (χ2v) is 10.7. The van der Waals surface area contributed by atoms with Crippen LogP contribution in [0.3, 0.4) is 0 Å². The average Bonchev–Trinajstić information content (AvgIpc) is 3.14. The highest BCUT2D eigenvalue weighted by atomic mass is 32.2. The van der Waals surface area contributed by atoms with E-state index in [1.54, 1.807) is 12.1 Å². The highest BCUT2D eigenvalue weighted by molar-refractivity contribution is 7.89. The van der Waals surface area contributed by atoms with Gasteiger partial charge in [-0.1, -0.05) is 18.6 Å². The number of rotatable bonds is 6. The van der Waals surface area contributed by atoms with E-state index >= 15 is 0 Å². The van der Waals surface area contributed by atoms with E-state index in [0.717, 1.165) is 37.0 Å². The van der Waals surface area contributed by atoms with Gasteiger partial charge < -0.3 is 9.31 Å². The van der Waals surface area contributed by atoms with E-state index in [-0.39, 0.29) is 10.9 Å². The van der Waals surface area contributed by atoms with Crippen molar-refractivity contribution in [1.29, 1.82) is 0 Å². The lowest BCUT2D eigenvalue weighted by atomic mass is 9.76. The Hall–Kier alpha value is -0.925. The summed E-state index contributed by atoms with van der Waals surface area (Å²) in [6, 6.07) is 5.43. The number of benzene rings is 1. The number of hydrogen-bond donors (Lipinski definition) is 1. The fourth-order valence-corrected chi connectivity index (χ4v) is 4.95. The second kappa shape index (κ2) is 7.72. The Kier molecular flexibility index (Phi) is 6.01. The summed E-state index contributed by atoms with van der Waals surface area (Å²) >= 11 is 0. The molecule has 0 radical (unpaired) electrons. The predicted octanol–water partition coefficient (Wildman–Crippen LogP) is 2.06. The predicted molar refractivity (Wildman–Crippen MR) is 112 cm³/mol. The molecule has 0 amide bonds. The SMILES string of the molecule is CCN1CCC[C@@H]1CNS(=O)(=O)c1ccc(C)c(B2OC(C)(C)C(C)(C)O2)c1. The lowest BCUT2D eigenvalue weighted by Gasteiger charge is -2.32. The Bertz CT molecular complexity index is 809. The van der Waals surface area contributed by atoms with Gasteiger partial charge in [0.05, 0.1) is 16.1 Å². The molecule has 156 valence electrons. The number of hydrogen-bond acceptors (Lipinski definition) is 5. The molecule has 0 saturated carbocycles. The molecule has 1 N–H and O–H groups in total. The van der Waals surface area contributed by atoms with Gasteiger partial charge in [-0.2, -0.15) is 0 Å². The molecule has 6 nitrogen and oxygen atoms in total. The lowest BCUT2D eigenvalue weighted by Crippen LogP contribution is -2.41. The molecule has 0 unspecified atom stereocenters. The monoisotopic (exact) mass is 408 g/mol. The molecule has 2 saturated heterocycles. The largest absolute Gasteiger partial charge is 0.495 e. The number of sulfonamides is 1. The van der Waals surface area contributed by atoms with E-state index < -0.39 is 28.3 Å². The topological polar surface area (TPSA) is 67.9 Å². The maximum Gasteiger partial charge on any atom is 0.495 e. The van der Waals surface area contributed by atoms with Crippen molar-refractivity contribution in [1.82, 2.24) is 9.62 Å². The number of likely N-dealkylation sites (tertiary alicyclic amines) is 1. The maximum atomic E-state index is 12.9. The summed E-state index contributed by atoms with van der Waals surface area (Å²) in [6.45, 7) is 14.5. The Morgan fingerprint density at radius 3 is 2.46 bits per heavy atom. The van der Waals surface area contributed by atoms with Crippen LogP contribution >= 0.6 is 0 Å². The molecule has 1 atom stereocenters. The van der Waals surface area contributed by atoms with E-state index in [2.05, 4.69) is 16.5 Å². The molecule has 8 heteroatoms. The van der Waals surface area contributed by atoms with Crippen LogP contribution in [0.1, 0.15) is 53.0 Å². The molecule has 0 spiro atoms. The van der Waals surface area contributed by atoms with Gasteiger partial charge in [0, 0.05) is 12.6 Å². The Balaban J connectivity index is 1.79. The summed E-state index contributed by atoms with van der Waals surface area (Å²) in [7, 11) is -4.17. The van der Waals surface area contributed by atoms with Gasteiger partial charge >= 0.3 is 7.12 Å². The van der Waals surface area contributed by atoms with Crippen molar-refractivity contribution in [2.24, 2.45) is 0 Å². The zero-order valence-electron chi connectivity index (χ0n) is 17.9. The van der Waals surface area contributed by atoms with Crippen LogP contribution in [0.4, 0.5) is 0 Å². The molecule has 2 aliphatic rings. The fourth-order valence-electron chi connectivity index (χ4n) is 3.84. The van der Waals surface area contributed by atoms with Gasteiger partial charge in [-0.3, -0.25) is 4.90 Å². The van der Waals surface area contributed by atoms with Gasteiger partial charge in [-0.15, -0.1) is 0 Å². The highest BCUT2D eigenvalue weighted by Gasteiger charge is 2.52. The van der Waals surface area contributed by atoms with Crippen LogP contribution < -0.4 is 10.2 Å². The summed E-state index contributed by atoms with van der Waals surface area (Å²) in [4.78, 5) is 2.58. The molecule has 0 bridgehead atoms. The summed E-state index contributed by atoms with van der Waals surface area (Å²) in [5, 5.41) is 0. The Morgan fingerprint density at radius 1 is 1.21 bits per heavy atom. The van der Waals surface area contributed by atoms with Gasteiger partial charge in [0.1, 0.15) is 0 Å². The third-order valence-electron chi connectivity index (χ3n) is 6.48. The minimum Gasteiger partial charge on any atom is -0.399 e. The first-order chi connectivity index (χ1) is 13.0. The summed E-state index contributed by atoms with van der Waals surface area (Å²) in [6.07, 6.45) is 2.15. The van der Waals surface area contributed by atoms with Crippen molar-refractivity contribution in [3.63, 3.8) is 0 Å². The molecule has 0 aromatic heterocycles. The molecule has 2 heterocycles.